The molecular formula is C66H81ClN8O12S2. The Bertz CT molecular complexity index is 3650. The Hall–Kier alpha value is -7.43. The largest absolute Gasteiger partial charge is 0.465 e. The Morgan fingerprint density at radius 2 is 0.989 bits per heavy atom. The van der Waals surface area contributed by atoms with Crippen LogP contribution in [-0.4, -0.2) is 167 Å². The molecule has 2 aromatic carbocycles. The minimum absolute atomic E-state index is 0.00750. The minimum Gasteiger partial charge on any atom is -0.465 e. The number of ether oxygens (including phenoxy) is 4. The Morgan fingerprint density at radius 3 is 1.46 bits per heavy atom. The van der Waals surface area contributed by atoms with Gasteiger partial charge in [0.15, 0.2) is 0 Å². The standard InChI is InChI=1S/C33H40N4O6S.C22H22N2O3S.C11H19ClN2O3/c1-33(2,3)43-32(41)35-16-14-34(15-17-35)26(38)19-36-23-13-9-8-12-22(23)29-28(21-10-6-5-7-11-21)30-24(37(29)20-27(36)39)18-25(44-30)31(40)42-4;1-27-22(26)17-11-16-21(28-17)19(13-7-3-2-4-8-13)20-14-9-5-6-10-15(14)23-18(25)12-24(16)20;1-11(2,3)17-10(16)14-6-4-13(5-7-14)9(15)8-12/h8-9,12-13,18,21H,5-7,10-11,14-17,19-20H2,1-4H3;5-6,9-11,13H,2-4,7-8,12H2,1H3,(H,23,25);4-8H2,1-3H3. The van der Waals surface area contributed by atoms with E-state index in [2.05, 4.69) is 16.0 Å². The lowest BCUT2D eigenvalue weighted by Gasteiger charge is -2.36. The number of thiophene rings is 2. The van der Waals surface area contributed by atoms with Crippen LogP contribution >= 0.6 is 34.3 Å². The van der Waals surface area contributed by atoms with E-state index in [-0.39, 0.29) is 73.3 Å². The molecule has 476 valence electrons. The van der Waals surface area contributed by atoms with Crippen LogP contribution in [0.1, 0.15) is 148 Å². The number of fused-ring (bicyclic) bond motifs is 10. The van der Waals surface area contributed by atoms with Crippen molar-refractivity contribution in [3.05, 3.63) is 81.5 Å². The lowest BCUT2D eigenvalue weighted by Crippen LogP contribution is -2.54. The van der Waals surface area contributed by atoms with Crippen LogP contribution in [0.5, 0.6) is 0 Å². The first-order chi connectivity index (χ1) is 42.6. The number of para-hydroxylation sites is 2. The summed E-state index contributed by atoms with van der Waals surface area (Å²) in [5, 5.41) is 3.04. The van der Waals surface area contributed by atoms with Crippen LogP contribution in [0.25, 0.3) is 42.9 Å². The summed E-state index contributed by atoms with van der Waals surface area (Å²) in [6.45, 7) is 14.7. The second kappa shape index (κ2) is 27.4. The molecule has 1 N–H and O–H groups in total. The van der Waals surface area contributed by atoms with Crippen molar-refractivity contribution >= 4 is 114 Å². The van der Waals surface area contributed by atoms with Crippen LogP contribution in [0.4, 0.5) is 21.0 Å². The highest BCUT2D eigenvalue weighted by atomic mass is 35.5. The fourth-order valence-corrected chi connectivity index (χ4v) is 15.5. The van der Waals surface area contributed by atoms with Gasteiger partial charge in [-0.05, 0) is 114 Å². The number of aromatic nitrogens is 2. The highest BCUT2D eigenvalue weighted by Gasteiger charge is 2.38. The van der Waals surface area contributed by atoms with Gasteiger partial charge in [-0.1, -0.05) is 74.9 Å². The zero-order valence-corrected chi connectivity index (χ0v) is 54.6. The molecule has 23 heteroatoms. The van der Waals surface area contributed by atoms with Gasteiger partial charge in [0.2, 0.25) is 23.6 Å². The van der Waals surface area contributed by atoms with Crippen molar-refractivity contribution < 1.29 is 57.3 Å². The van der Waals surface area contributed by atoms with Gasteiger partial charge in [-0.3, -0.25) is 19.2 Å². The van der Waals surface area contributed by atoms with Crippen LogP contribution in [0.3, 0.4) is 0 Å². The van der Waals surface area contributed by atoms with E-state index in [1.54, 1.807) is 24.5 Å². The van der Waals surface area contributed by atoms with Crippen LogP contribution in [-0.2, 0) is 51.2 Å². The van der Waals surface area contributed by atoms with Gasteiger partial charge in [-0.25, -0.2) is 19.2 Å². The number of esters is 2. The second-order valence-electron chi connectivity index (χ2n) is 25.4. The number of benzene rings is 2. The van der Waals surface area contributed by atoms with Crippen molar-refractivity contribution in [2.75, 3.05) is 89.2 Å². The number of nitrogens with zero attached hydrogens (tertiary/aromatic N) is 7. The molecule has 6 aromatic rings. The number of rotatable bonds is 7. The van der Waals surface area contributed by atoms with Crippen LogP contribution in [0, 0.1) is 0 Å². The molecule has 2 aliphatic carbocycles. The second-order valence-corrected chi connectivity index (χ2v) is 27.8. The van der Waals surface area contributed by atoms with Gasteiger partial charge >= 0.3 is 24.1 Å². The van der Waals surface area contributed by atoms with Gasteiger partial charge in [-0.15, -0.1) is 34.3 Å². The van der Waals surface area contributed by atoms with E-state index >= 15 is 0 Å². The van der Waals surface area contributed by atoms with Crippen LogP contribution in [0.2, 0.25) is 0 Å². The third kappa shape index (κ3) is 14.3. The zero-order chi connectivity index (χ0) is 63.5. The molecule has 2 saturated carbocycles. The molecule has 20 nitrogen and oxygen atoms in total. The van der Waals surface area contributed by atoms with Crippen molar-refractivity contribution in [3.8, 4) is 22.5 Å². The molecule has 6 amide bonds. The summed E-state index contributed by atoms with van der Waals surface area (Å²) in [5.74, 6) is -0.397. The fraction of sp³-hybridized carbons (Fsp3) is 0.515. The smallest absolute Gasteiger partial charge is 0.410 e. The maximum Gasteiger partial charge on any atom is 0.410 e. The summed E-state index contributed by atoms with van der Waals surface area (Å²) >= 11 is 8.42. The predicted molar refractivity (Wildman–Crippen MR) is 345 cm³/mol. The Labute approximate surface area is 532 Å². The summed E-state index contributed by atoms with van der Waals surface area (Å²) in [5.41, 5.74) is 8.97. The number of carbonyl (C=O) groups is 8. The first kappa shape index (κ1) is 64.6. The third-order valence-electron chi connectivity index (χ3n) is 17.1. The Kier molecular flexibility index (Phi) is 19.8. The molecule has 2 saturated heterocycles. The molecule has 12 rings (SSSR count). The highest BCUT2D eigenvalue weighted by Crippen LogP contribution is 2.51. The maximum atomic E-state index is 14.0. The van der Waals surface area contributed by atoms with Crippen LogP contribution < -0.4 is 10.2 Å². The first-order valence-corrected chi connectivity index (χ1v) is 33.1. The van der Waals surface area contributed by atoms with Gasteiger partial charge in [0.25, 0.3) is 0 Å². The number of nitrogens with one attached hydrogen (secondary N) is 1. The van der Waals surface area contributed by atoms with Gasteiger partial charge in [-0.2, -0.15) is 0 Å². The highest BCUT2D eigenvalue weighted by molar-refractivity contribution is 7.21. The monoisotopic (exact) mass is 1280 g/mol. The summed E-state index contributed by atoms with van der Waals surface area (Å²) in [6, 6.07) is 19.6. The van der Waals surface area contributed by atoms with E-state index in [1.807, 2.05) is 101 Å². The van der Waals surface area contributed by atoms with Gasteiger partial charge in [0, 0.05) is 63.5 Å². The van der Waals surface area contributed by atoms with E-state index in [0.29, 0.717) is 79.6 Å². The van der Waals surface area contributed by atoms with Crippen molar-refractivity contribution in [3.63, 3.8) is 0 Å². The molecule has 0 atom stereocenters. The molecule has 0 radical (unpaired) electrons. The van der Waals surface area contributed by atoms with Crippen molar-refractivity contribution in [2.45, 2.75) is 142 Å². The molecule has 89 heavy (non-hydrogen) atoms. The summed E-state index contributed by atoms with van der Waals surface area (Å²) in [4.78, 5) is 110. The number of hydrogen-bond acceptors (Lipinski definition) is 14. The fourth-order valence-electron chi connectivity index (χ4n) is 13.0. The topological polar surface area (TPSA) is 212 Å². The Balaban J connectivity index is 0.000000165. The predicted octanol–water partition coefficient (Wildman–Crippen LogP) is 12.1. The molecule has 8 heterocycles. The third-order valence-corrected chi connectivity index (χ3v) is 19.6. The van der Waals surface area contributed by atoms with Gasteiger partial charge in [0.1, 0.15) is 46.5 Å². The number of carbonyl (C=O) groups excluding carboxylic acids is 8. The average Bonchev–Trinajstić information content (AvgIpc) is 1.58. The molecule has 0 spiro atoms. The summed E-state index contributed by atoms with van der Waals surface area (Å²) in [7, 11) is 2.79. The molecule has 0 bridgehead atoms. The normalized spacial score (nSPS) is 17.3. The lowest BCUT2D eigenvalue weighted by atomic mass is 9.83. The molecule has 4 aliphatic heterocycles. The maximum absolute atomic E-state index is 14.0. The summed E-state index contributed by atoms with van der Waals surface area (Å²) in [6.07, 6.45) is 11.0. The van der Waals surface area contributed by atoms with Crippen molar-refractivity contribution in [1.82, 2.24) is 28.7 Å². The van der Waals surface area contributed by atoms with Crippen molar-refractivity contribution in [1.29, 1.82) is 0 Å². The molecule has 4 aromatic heterocycles. The average molecular weight is 1280 g/mol. The molecule has 6 aliphatic rings. The van der Waals surface area contributed by atoms with E-state index < -0.39 is 11.2 Å². The van der Waals surface area contributed by atoms with E-state index in [0.717, 1.165) is 87.2 Å². The number of piperazine rings is 2. The molecule has 0 unspecified atom stereocenters. The molecular weight excluding hydrogens is 1200 g/mol. The Morgan fingerprint density at radius 1 is 0.562 bits per heavy atom. The van der Waals surface area contributed by atoms with Crippen LogP contribution in [0.15, 0.2) is 60.7 Å². The van der Waals surface area contributed by atoms with E-state index in [4.69, 9.17) is 30.5 Å². The lowest BCUT2D eigenvalue weighted by molar-refractivity contribution is -0.133. The van der Waals surface area contributed by atoms with Gasteiger partial charge in [0.05, 0.1) is 57.4 Å². The van der Waals surface area contributed by atoms with E-state index in [9.17, 15) is 38.4 Å². The van der Waals surface area contributed by atoms with E-state index in [1.165, 1.54) is 73.7 Å². The number of anilines is 2. The number of hydrogen-bond donors (Lipinski definition) is 1. The SMILES string of the molecule is CC(C)(C)OC(=O)N1CCN(C(=O)CCl)CC1.COC(=O)c1cc2c(s1)c(C1CCCCC1)c1n2CC(=O)N(CC(=O)N2CCN(C(=O)OC(C)(C)C)CC2)c2ccccc2-1.COC(=O)c1cc2c(s1)c(C1CCCCC1)c1n2CC(=O)Nc2ccccc2-1. The quantitative estimate of drug-likeness (QED) is 0.0898. The zero-order valence-electron chi connectivity index (χ0n) is 52.2. The summed E-state index contributed by atoms with van der Waals surface area (Å²) < 4.78 is 27.1. The number of alkyl halides is 1. The minimum atomic E-state index is -0.587. The number of amides is 6. The van der Waals surface area contributed by atoms with Crippen molar-refractivity contribution in [2.24, 2.45) is 0 Å². The van der Waals surface area contributed by atoms with Gasteiger partial charge < -0.3 is 57.9 Å². The molecule has 4 fully saturated rings. The first-order valence-electron chi connectivity index (χ1n) is 30.9. The number of methoxy groups -OCH3 is 2. The number of halogens is 1.